The largest absolute Gasteiger partial charge is 0.456 e. The summed E-state index contributed by atoms with van der Waals surface area (Å²) in [6.45, 7) is 0. The Hall–Kier alpha value is -12.9. The monoisotopic (exact) mass is 1200 g/mol. The van der Waals surface area contributed by atoms with Crippen molar-refractivity contribution in [3.8, 4) is 102 Å². The van der Waals surface area contributed by atoms with Gasteiger partial charge in [0.05, 0.1) is 22.1 Å². The summed E-state index contributed by atoms with van der Waals surface area (Å²) in [4.78, 5) is 31.0. The lowest BCUT2D eigenvalue weighted by molar-refractivity contribution is 0.668. The van der Waals surface area contributed by atoms with Gasteiger partial charge in [-0.05, 0) is 107 Å². The molecule has 0 bridgehead atoms. The van der Waals surface area contributed by atoms with Crippen LogP contribution in [0.15, 0.2) is 312 Å². The molecule has 0 unspecified atom stereocenters. The Morgan fingerprint density at radius 3 is 0.957 bits per heavy atom. The Balaban J connectivity index is 0.692. The minimum Gasteiger partial charge on any atom is -0.456 e. The fraction of sp³-hybridized carbons (Fsp3) is 0. The molecule has 0 spiro atoms. The number of hydrogen-bond acceptors (Lipinski definition) is 8. The van der Waals surface area contributed by atoms with Gasteiger partial charge in [-0.1, -0.05) is 218 Å². The Morgan fingerprint density at radius 1 is 0.202 bits per heavy atom. The van der Waals surface area contributed by atoms with Gasteiger partial charge in [-0.3, -0.25) is 0 Å². The first-order valence-corrected chi connectivity index (χ1v) is 31.4. The number of rotatable bonds is 10. The van der Waals surface area contributed by atoms with E-state index < -0.39 is 0 Å². The van der Waals surface area contributed by atoms with Crippen LogP contribution in [-0.4, -0.2) is 39.0 Å². The summed E-state index contributed by atoms with van der Waals surface area (Å²) in [6.07, 6.45) is 0. The van der Waals surface area contributed by atoms with Gasteiger partial charge in [-0.15, -0.1) is 0 Å². The van der Waals surface area contributed by atoms with Crippen LogP contribution in [0, 0.1) is 0 Å². The van der Waals surface area contributed by atoms with Crippen LogP contribution < -0.4 is 0 Å². The zero-order valence-electron chi connectivity index (χ0n) is 50.3. The van der Waals surface area contributed by atoms with E-state index in [1.165, 1.54) is 21.9 Å². The molecule has 0 saturated carbocycles. The van der Waals surface area contributed by atoms with Gasteiger partial charge in [0.25, 0.3) is 0 Å². The number of benzene rings is 13. The average molecular weight is 1200 g/mol. The number of hydrogen-bond donors (Lipinski definition) is 0. The third-order valence-corrected chi connectivity index (χ3v) is 18.3. The summed E-state index contributed by atoms with van der Waals surface area (Å²) < 4.78 is 18.0. The Morgan fingerprint density at radius 2 is 0.532 bits per heavy atom. The van der Waals surface area contributed by atoms with Crippen molar-refractivity contribution in [1.29, 1.82) is 0 Å². The molecule has 94 heavy (non-hydrogen) atoms. The van der Waals surface area contributed by atoms with Crippen LogP contribution in [0.5, 0.6) is 0 Å². The highest BCUT2D eigenvalue weighted by Gasteiger charge is 2.23. The smallest absolute Gasteiger partial charge is 0.164 e. The third-order valence-electron chi connectivity index (χ3n) is 18.3. The predicted octanol–water partition coefficient (Wildman–Crippen LogP) is 21.4. The van der Waals surface area contributed by atoms with Gasteiger partial charge in [0.1, 0.15) is 22.3 Å². The molecule has 0 aliphatic heterocycles. The Kier molecular flexibility index (Phi) is 12.0. The van der Waals surface area contributed by atoms with Crippen molar-refractivity contribution in [3.05, 3.63) is 303 Å². The molecule has 13 aromatic carbocycles. The number of nitrogens with zero attached hydrogens (tertiary/aromatic N) is 8. The Labute approximate surface area is 537 Å². The molecule has 0 atom stereocenters. The summed E-state index contributed by atoms with van der Waals surface area (Å²) in [6, 6.07) is 105. The van der Waals surface area contributed by atoms with E-state index in [4.69, 9.17) is 38.7 Å². The molecule has 10 heteroatoms. The van der Waals surface area contributed by atoms with Crippen LogP contribution in [0.3, 0.4) is 0 Å². The highest BCUT2D eigenvalue weighted by Crippen LogP contribution is 2.43. The summed E-state index contributed by atoms with van der Waals surface area (Å²) >= 11 is 0. The van der Waals surface area contributed by atoms with Gasteiger partial charge >= 0.3 is 0 Å². The van der Waals surface area contributed by atoms with Crippen molar-refractivity contribution >= 4 is 87.5 Å². The third kappa shape index (κ3) is 8.72. The second-order valence-electron chi connectivity index (χ2n) is 23.7. The molecule has 10 nitrogen and oxygen atoms in total. The molecule has 0 saturated heterocycles. The summed E-state index contributed by atoms with van der Waals surface area (Å²) in [5, 5.41) is 8.48. The van der Waals surface area contributed by atoms with Crippen LogP contribution in [0.2, 0.25) is 0 Å². The molecular formula is C84H50N8O2. The summed E-state index contributed by atoms with van der Waals surface area (Å²) in [7, 11) is 0. The lowest BCUT2D eigenvalue weighted by Gasteiger charge is -2.11. The molecule has 19 rings (SSSR count). The van der Waals surface area contributed by atoms with Gasteiger partial charge in [0.15, 0.2) is 34.9 Å². The van der Waals surface area contributed by atoms with E-state index in [-0.39, 0.29) is 0 Å². The van der Waals surface area contributed by atoms with Crippen LogP contribution in [0.4, 0.5) is 0 Å². The maximum Gasteiger partial charge on any atom is 0.164 e. The van der Waals surface area contributed by atoms with E-state index in [9.17, 15) is 0 Å². The number of fused-ring (bicyclic) bond motifs is 12. The molecule has 0 aliphatic carbocycles. The van der Waals surface area contributed by atoms with Crippen molar-refractivity contribution in [1.82, 2.24) is 39.0 Å². The first kappa shape index (κ1) is 53.0. The lowest BCUT2D eigenvalue weighted by Crippen LogP contribution is -2.00. The summed E-state index contributed by atoms with van der Waals surface area (Å²) in [5.74, 6) is 3.47. The molecule has 0 fully saturated rings. The van der Waals surface area contributed by atoms with Crippen molar-refractivity contribution in [2.24, 2.45) is 0 Å². The molecule has 0 amide bonds. The van der Waals surface area contributed by atoms with Gasteiger partial charge in [0.2, 0.25) is 0 Å². The van der Waals surface area contributed by atoms with Crippen molar-refractivity contribution < 1.29 is 8.83 Å². The molecule has 438 valence electrons. The second-order valence-corrected chi connectivity index (χ2v) is 23.7. The van der Waals surface area contributed by atoms with E-state index in [0.29, 0.717) is 34.9 Å². The second kappa shape index (κ2) is 21.4. The van der Waals surface area contributed by atoms with Crippen LogP contribution in [-0.2, 0) is 0 Å². The van der Waals surface area contributed by atoms with Gasteiger partial charge in [-0.2, -0.15) is 0 Å². The predicted molar refractivity (Wildman–Crippen MR) is 380 cm³/mol. The normalized spacial score (nSPS) is 11.8. The highest BCUT2D eigenvalue weighted by atomic mass is 16.3. The molecule has 6 heterocycles. The Bertz CT molecular complexity index is 6160. The van der Waals surface area contributed by atoms with E-state index in [2.05, 4.69) is 197 Å². The molecule has 0 radical (unpaired) electrons. The zero-order valence-corrected chi connectivity index (χ0v) is 50.3. The van der Waals surface area contributed by atoms with Crippen LogP contribution >= 0.6 is 0 Å². The van der Waals surface area contributed by atoms with E-state index >= 15 is 0 Å². The van der Waals surface area contributed by atoms with Crippen LogP contribution in [0.25, 0.3) is 189 Å². The highest BCUT2D eigenvalue weighted by molar-refractivity contribution is 6.16. The minimum absolute atomic E-state index is 0.553. The van der Waals surface area contributed by atoms with Crippen molar-refractivity contribution in [2.45, 2.75) is 0 Å². The van der Waals surface area contributed by atoms with Gasteiger partial charge in [-0.25, -0.2) is 29.9 Å². The van der Waals surface area contributed by atoms with E-state index in [1.54, 1.807) is 0 Å². The molecular weight excluding hydrogens is 1150 g/mol. The van der Waals surface area contributed by atoms with E-state index in [0.717, 1.165) is 133 Å². The fourth-order valence-corrected chi connectivity index (χ4v) is 13.9. The van der Waals surface area contributed by atoms with Crippen molar-refractivity contribution in [3.63, 3.8) is 0 Å². The average Bonchev–Trinajstić information content (AvgIpc) is 1.59. The summed E-state index contributed by atoms with van der Waals surface area (Å²) in [5.41, 5.74) is 19.3. The van der Waals surface area contributed by atoms with Crippen molar-refractivity contribution in [2.75, 3.05) is 0 Å². The maximum absolute atomic E-state index is 6.67. The minimum atomic E-state index is 0.553. The molecule has 6 aromatic heterocycles. The maximum atomic E-state index is 6.67. The quantitative estimate of drug-likeness (QED) is 0.133. The van der Waals surface area contributed by atoms with Gasteiger partial charge < -0.3 is 18.0 Å². The lowest BCUT2D eigenvalue weighted by atomic mass is 10.0. The molecule has 19 aromatic rings. The number of para-hydroxylation sites is 2. The topological polar surface area (TPSA) is 113 Å². The number of aromatic nitrogens is 8. The first-order valence-electron chi connectivity index (χ1n) is 31.4. The SMILES string of the molecule is c1ccc(-c2ccc3c(c2)c2ccccc2n3-c2ccc3oc4cccc(-c5nc(-c6ccccc6)nc(-c6ccc(-c7ccc8c(c7)c7ccccc7n8-c7ccc8oc9cccc(-c%10nc(-c%11ccccc%11)nc(-c%11ccccc%11)n%10)c9c8c7)cc6)n5)c4c3c2)cc1. The standard InChI is InChI=1S/C84H50N8O2/c1-5-19-51(20-6-1)57-39-43-71-65(47-57)61-27-13-15-31-69(61)91(71)59-41-45-74-68(49-59)78-64(30-18-34-76(78)94-74)84-89-81(55-25-11-4-12-26-55)86-82(90-84)56-37-35-52(36-38-56)58-40-44-72-66(48-58)62-28-14-16-32-70(62)92(72)60-42-46-73-67(50-60)77-63(29-17-33-75(77)93-73)83-87-79(53-21-7-2-8-22-53)85-80(88-83)54-23-9-3-10-24-54/h1-50H. The molecule has 0 aliphatic rings. The van der Waals surface area contributed by atoms with Crippen LogP contribution in [0.1, 0.15) is 0 Å². The van der Waals surface area contributed by atoms with E-state index in [1.807, 2.05) is 115 Å². The fourth-order valence-electron chi connectivity index (χ4n) is 13.9. The molecule has 0 N–H and O–H groups in total. The zero-order chi connectivity index (χ0) is 61.8. The first-order chi connectivity index (χ1) is 46.6. The number of furan rings is 2. The van der Waals surface area contributed by atoms with Gasteiger partial charge in [0, 0.05) is 87.8 Å².